The number of hydrogen-bond donors (Lipinski definition) is 3. The number of piperidine rings is 1. The Hall–Kier alpha value is -2.60. The van der Waals surface area contributed by atoms with Gasteiger partial charge in [0.05, 0.1) is 23.7 Å². The molecular formula is C21H25N5O. The fourth-order valence-electron chi connectivity index (χ4n) is 4.87. The van der Waals surface area contributed by atoms with Gasteiger partial charge in [-0.25, -0.2) is 4.98 Å². The molecule has 3 N–H and O–H groups in total. The Kier molecular flexibility index (Phi) is 4.01. The third kappa shape index (κ3) is 2.75. The van der Waals surface area contributed by atoms with Gasteiger partial charge in [0.2, 0.25) is 0 Å². The number of hydrogen-bond acceptors (Lipinski definition) is 6. The quantitative estimate of drug-likeness (QED) is 0.758. The predicted molar refractivity (Wildman–Crippen MR) is 105 cm³/mol. The summed E-state index contributed by atoms with van der Waals surface area (Å²) in [4.78, 5) is 11.8. The molecular weight excluding hydrogens is 338 g/mol. The Bertz CT molecular complexity index is 896. The second-order valence-corrected chi connectivity index (χ2v) is 7.69. The Labute approximate surface area is 159 Å². The molecule has 2 aliphatic heterocycles. The van der Waals surface area contributed by atoms with Gasteiger partial charge in [-0.05, 0) is 56.4 Å². The number of aromatic nitrogens is 2. The van der Waals surface area contributed by atoms with Crippen molar-refractivity contribution in [2.24, 2.45) is 5.92 Å². The molecule has 2 bridgehead atoms. The fourth-order valence-corrected chi connectivity index (χ4v) is 4.87. The summed E-state index contributed by atoms with van der Waals surface area (Å²) < 4.78 is 0. The van der Waals surface area contributed by atoms with Gasteiger partial charge in [0.15, 0.2) is 0 Å². The summed E-state index contributed by atoms with van der Waals surface area (Å²) in [5.41, 5.74) is 5.53. The first-order chi connectivity index (χ1) is 13.2. The van der Waals surface area contributed by atoms with E-state index in [1.54, 1.807) is 0 Å². The van der Waals surface area contributed by atoms with Gasteiger partial charge in [-0.15, -0.1) is 0 Å². The number of nitrogens with one attached hydrogen (secondary N) is 2. The maximum absolute atomic E-state index is 9.09. The first-order valence-electron chi connectivity index (χ1n) is 9.79. The molecule has 3 atom stereocenters. The van der Waals surface area contributed by atoms with Crippen molar-refractivity contribution in [2.75, 3.05) is 18.5 Å². The van der Waals surface area contributed by atoms with Gasteiger partial charge < -0.3 is 20.6 Å². The van der Waals surface area contributed by atoms with E-state index in [1.165, 1.54) is 25.0 Å². The molecule has 0 amide bonds. The number of fused-ring (bicyclic) bond motifs is 5. The zero-order valence-electron chi connectivity index (χ0n) is 15.5. The standard InChI is InChI=1S/C21H25N5O/c1-13-3-2-4-17(24-13)19-20(14-7-8-22-18(12-14)23-9-10-27)26-16-6-5-15(11-16)21(26)25-19/h2-4,7-8,12,15-16,21,25,27H,5-6,9-11H2,1H3,(H,22,23)/t15-,16+,21?/m0/s1. The van der Waals surface area contributed by atoms with E-state index in [-0.39, 0.29) is 6.61 Å². The summed E-state index contributed by atoms with van der Waals surface area (Å²) in [6.45, 7) is 2.62. The van der Waals surface area contributed by atoms with E-state index >= 15 is 0 Å². The van der Waals surface area contributed by atoms with Crippen LogP contribution in [0.15, 0.2) is 36.5 Å². The van der Waals surface area contributed by atoms with Crippen LogP contribution in [0, 0.1) is 12.8 Å². The molecule has 6 heteroatoms. The molecule has 1 unspecified atom stereocenters. The normalized spacial score (nSPS) is 25.7. The molecule has 1 saturated carbocycles. The minimum absolute atomic E-state index is 0.0899. The van der Waals surface area contributed by atoms with E-state index in [9.17, 15) is 0 Å². The van der Waals surface area contributed by atoms with E-state index in [1.807, 2.05) is 19.2 Å². The molecule has 6 nitrogen and oxygen atoms in total. The van der Waals surface area contributed by atoms with Gasteiger partial charge in [0.1, 0.15) is 12.0 Å². The lowest BCUT2D eigenvalue weighted by atomic mass is 10.1. The molecule has 140 valence electrons. The van der Waals surface area contributed by atoms with Crippen molar-refractivity contribution in [1.29, 1.82) is 0 Å². The summed E-state index contributed by atoms with van der Waals surface area (Å²) >= 11 is 0. The topological polar surface area (TPSA) is 73.3 Å². The molecule has 2 aromatic rings. The molecule has 5 rings (SSSR count). The first kappa shape index (κ1) is 16.6. The molecule has 4 heterocycles. The average molecular weight is 363 g/mol. The molecule has 1 aliphatic carbocycles. The molecule has 1 saturated heterocycles. The molecule has 2 fully saturated rings. The summed E-state index contributed by atoms with van der Waals surface area (Å²) in [6.07, 6.45) is 6.06. The summed E-state index contributed by atoms with van der Waals surface area (Å²) in [7, 11) is 0. The van der Waals surface area contributed by atoms with Gasteiger partial charge >= 0.3 is 0 Å². The van der Waals surface area contributed by atoms with Gasteiger partial charge in [-0.3, -0.25) is 4.98 Å². The Balaban J connectivity index is 1.61. The van der Waals surface area contributed by atoms with Crippen molar-refractivity contribution < 1.29 is 5.11 Å². The van der Waals surface area contributed by atoms with Crippen LogP contribution in [0.4, 0.5) is 5.82 Å². The van der Waals surface area contributed by atoms with E-state index in [0.29, 0.717) is 24.7 Å². The van der Waals surface area contributed by atoms with E-state index in [4.69, 9.17) is 10.1 Å². The minimum atomic E-state index is 0.0899. The third-order valence-corrected chi connectivity index (χ3v) is 5.97. The maximum atomic E-state index is 9.09. The summed E-state index contributed by atoms with van der Waals surface area (Å²) in [5, 5.41) is 16.1. The molecule has 0 aromatic carbocycles. The number of nitrogens with zero attached hydrogens (tertiary/aromatic N) is 3. The zero-order valence-corrected chi connectivity index (χ0v) is 15.5. The van der Waals surface area contributed by atoms with Crippen LogP contribution in [-0.4, -0.2) is 45.3 Å². The van der Waals surface area contributed by atoms with Crippen LogP contribution in [0.25, 0.3) is 11.4 Å². The fraction of sp³-hybridized carbons (Fsp3) is 0.429. The second-order valence-electron chi connectivity index (χ2n) is 7.69. The van der Waals surface area contributed by atoms with Crippen molar-refractivity contribution in [3.05, 3.63) is 53.5 Å². The van der Waals surface area contributed by atoms with Crippen molar-refractivity contribution in [3.8, 4) is 0 Å². The van der Waals surface area contributed by atoms with Crippen molar-refractivity contribution in [3.63, 3.8) is 0 Å². The van der Waals surface area contributed by atoms with E-state index < -0.39 is 0 Å². The van der Waals surface area contributed by atoms with Gasteiger partial charge in [-0.2, -0.15) is 0 Å². The van der Waals surface area contributed by atoms with Gasteiger partial charge in [-0.1, -0.05) is 6.07 Å². The highest BCUT2D eigenvalue weighted by Gasteiger charge is 2.51. The van der Waals surface area contributed by atoms with Crippen LogP contribution in [-0.2, 0) is 0 Å². The first-order valence-corrected chi connectivity index (χ1v) is 9.79. The van der Waals surface area contributed by atoms with Crippen LogP contribution in [0.5, 0.6) is 0 Å². The summed E-state index contributed by atoms with van der Waals surface area (Å²) in [5.74, 6) is 1.50. The second kappa shape index (κ2) is 6.53. The number of pyridine rings is 2. The monoisotopic (exact) mass is 363 g/mol. The van der Waals surface area contributed by atoms with Gasteiger partial charge in [0, 0.05) is 30.0 Å². The number of aryl methyl sites for hydroxylation is 1. The lowest BCUT2D eigenvalue weighted by Gasteiger charge is -2.33. The molecule has 2 aromatic heterocycles. The van der Waals surface area contributed by atoms with Crippen LogP contribution < -0.4 is 10.6 Å². The van der Waals surface area contributed by atoms with Crippen LogP contribution in [0.1, 0.15) is 36.2 Å². The highest BCUT2D eigenvalue weighted by molar-refractivity contribution is 5.91. The smallest absolute Gasteiger partial charge is 0.126 e. The average Bonchev–Trinajstić information content (AvgIpc) is 3.38. The number of aliphatic hydroxyl groups is 1. The highest BCUT2D eigenvalue weighted by atomic mass is 16.3. The van der Waals surface area contributed by atoms with Crippen LogP contribution >= 0.6 is 0 Å². The lowest BCUT2D eigenvalue weighted by molar-refractivity contribution is 0.218. The molecule has 0 radical (unpaired) electrons. The van der Waals surface area contributed by atoms with Crippen LogP contribution in [0.3, 0.4) is 0 Å². The number of aliphatic hydroxyl groups excluding tert-OH is 1. The van der Waals surface area contributed by atoms with E-state index in [0.717, 1.165) is 28.5 Å². The Morgan fingerprint density at radius 1 is 1.30 bits per heavy atom. The molecule has 27 heavy (non-hydrogen) atoms. The van der Waals surface area contributed by atoms with Crippen molar-refractivity contribution >= 4 is 17.2 Å². The number of anilines is 1. The Morgan fingerprint density at radius 3 is 3.07 bits per heavy atom. The van der Waals surface area contributed by atoms with Gasteiger partial charge in [0.25, 0.3) is 0 Å². The molecule has 3 aliphatic rings. The molecule has 0 spiro atoms. The summed E-state index contributed by atoms with van der Waals surface area (Å²) in [6, 6.07) is 11.0. The Morgan fingerprint density at radius 2 is 2.22 bits per heavy atom. The predicted octanol–water partition coefficient (Wildman–Crippen LogP) is 2.43. The number of rotatable bonds is 5. The maximum Gasteiger partial charge on any atom is 0.126 e. The van der Waals surface area contributed by atoms with Crippen molar-refractivity contribution in [2.45, 2.75) is 38.4 Å². The largest absolute Gasteiger partial charge is 0.395 e. The lowest BCUT2D eigenvalue weighted by Crippen LogP contribution is -2.41. The highest BCUT2D eigenvalue weighted by Crippen LogP contribution is 2.50. The van der Waals surface area contributed by atoms with Crippen molar-refractivity contribution in [1.82, 2.24) is 20.2 Å². The SMILES string of the molecule is Cc1cccc(C2=C(c3ccnc(NCCO)c3)N3C(N2)[C@H]2CC[C@@H]3C2)n1. The van der Waals surface area contributed by atoms with Crippen LogP contribution in [0.2, 0.25) is 0 Å². The third-order valence-electron chi connectivity index (χ3n) is 5.97. The minimum Gasteiger partial charge on any atom is -0.395 e. The zero-order chi connectivity index (χ0) is 18.4. The van der Waals surface area contributed by atoms with E-state index in [2.05, 4.69) is 44.8 Å².